The normalized spacial score (nSPS) is 21.6. The number of benzene rings is 6. The monoisotopic (exact) mass is 2080 g/mol. The van der Waals surface area contributed by atoms with Gasteiger partial charge in [0.05, 0.1) is 41.3 Å². The van der Waals surface area contributed by atoms with E-state index in [9.17, 15) is 94.6 Å². The third-order valence-corrected chi connectivity index (χ3v) is 32.4. The van der Waals surface area contributed by atoms with Crippen molar-refractivity contribution in [1.29, 1.82) is 0 Å². The van der Waals surface area contributed by atoms with Crippen LogP contribution in [0.2, 0.25) is 0 Å². The van der Waals surface area contributed by atoms with Gasteiger partial charge in [0.1, 0.15) is 53.1 Å². The van der Waals surface area contributed by atoms with Gasteiger partial charge in [-0.1, -0.05) is 266 Å². The number of nitrogens with two attached hydrogens (primary N) is 3. The number of aliphatic hydroxyl groups excluding tert-OH is 1. The van der Waals surface area contributed by atoms with E-state index in [1.807, 2.05) is 96.9 Å². The van der Waals surface area contributed by atoms with E-state index in [1.165, 1.54) is 25.6 Å². The van der Waals surface area contributed by atoms with E-state index in [-0.39, 0.29) is 99.7 Å². The Morgan fingerprint density at radius 2 is 0.779 bits per heavy atom. The van der Waals surface area contributed by atoms with Gasteiger partial charge in [-0.25, -0.2) is 21.5 Å². The molecule has 6 aliphatic carbocycles. The molecule has 7 aromatic rings. The number of hydrogen-bond acceptors (Lipinski definition) is 23. The van der Waals surface area contributed by atoms with Crippen molar-refractivity contribution < 1.29 is 89.1 Å². The quantitative estimate of drug-likeness (QED) is 0.00600. The maximum Gasteiger partial charge on any atom is 0.287 e. The fourth-order valence-electron chi connectivity index (χ4n) is 23.2. The van der Waals surface area contributed by atoms with Crippen LogP contribution < -0.4 is 49.1 Å². The summed E-state index contributed by atoms with van der Waals surface area (Å²) in [6.45, 7) is -0.0229. The Kier molecular flexibility index (Phi) is 38.8. The van der Waals surface area contributed by atoms with E-state index < -0.39 is 173 Å². The lowest BCUT2D eigenvalue weighted by atomic mass is 9.77. The molecule has 4 heterocycles. The Bertz CT molecular complexity index is 6480. The number of sulfone groups is 2. The molecular weight excluding hydrogens is 1950 g/mol. The maximum absolute atomic E-state index is 14.8. The van der Waals surface area contributed by atoms with Crippen LogP contribution in [0.3, 0.4) is 0 Å². The van der Waals surface area contributed by atoms with Crippen LogP contribution in [-0.4, -0.2) is 243 Å². The van der Waals surface area contributed by atoms with Crippen molar-refractivity contribution in [3.05, 3.63) is 177 Å². The van der Waals surface area contributed by atoms with Gasteiger partial charge in [-0.15, -0.1) is 11.5 Å². The number of carbonyl (C=O) groups is 14. The standard InChI is InChI=1S/C37H47N7O7S.C33H43N7O5.C33H41N7O5.C4H6O2S/c1-52(50,51)23-29-21-39-42-44(29)28-20-31(35(48)41-37(32(45)33(38)46)16-8-3-9-17-37)43(22-28)36(49)30(18-24-10-4-2-5-11-24)40-34(47)27-15-14-25-12-6-7-13-26(25)19-27;2*34-29(42)28(41)33(15-7-2-8-16-33)37-31(44)27-19-25(38-39-35)20-40(27)32(45)26(17-21-9-3-1-4-10-21)36-30(43)24-14-13-22-11-5-6-12-23(22)18-24;1-3-4-7(2,5)6/h6-7,12-15,19,21,24,28,30-31H,2-5,8-11,16-18,20,22-23H2,1H3,(H2,38,46)(H,40,47)(H,41,48);5-6,11-14,18,21,25-28,41H,1-4,7-10,15-17,19-20H2,(H2,34,42)(H,36,43)(H,37,44);5-6,11-14,18,21,25-27H,1-4,7-10,15-17,19-20H2,(H2,34,42)(H,36,43)(H,37,44);1H,4H2,2H3/t28-,30+,31-;25-,26+,27-,28?;25-,26+,27-;/m000./s1. The van der Waals surface area contributed by atoms with E-state index >= 15 is 0 Å². The van der Waals surface area contributed by atoms with Crippen molar-refractivity contribution in [2.24, 2.45) is 45.2 Å². The van der Waals surface area contributed by atoms with E-state index in [4.69, 9.17) is 22.7 Å². The fourth-order valence-corrected chi connectivity index (χ4v) is 24.3. The van der Waals surface area contributed by atoms with Crippen LogP contribution in [0, 0.1) is 30.1 Å². The number of ketones is 2. The molecule has 796 valence electrons. The Balaban J connectivity index is 0.000000181. The summed E-state index contributed by atoms with van der Waals surface area (Å²) in [6, 6.07) is 31.3. The first-order valence-electron chi connectivity index (χ1n) is 52.0. The second-order valence-electron chi connectivity index (χ2n) is 41.8. The third kappa shape index (κ3) is 29.5. The molecule has 3 saturated heterocycles. The highest BCUT2D eigenvalue weighted by Gasteiger charge is 2.54. The summed E-state index contributed by atoms with van der Waals surface area (Å²) in [5.74, 6) is -7.04. The zero-order chi connectivity index (χ0) is 107. The van der Waals surface area contributed by atoms with Gasteiger partial charge in [0.2, 0.25) is 52.9 Å². The van der Waals surface area contributed by atoms with E-state index in [0.717, 1.165) is 160 Å². The number of aliphatic hydroxyl groups is 1. The van der Waals surface area contributed by atoms with Crippen LogP contribution >= 0.6 is 0 Å². The summed E-state index contributed by atoms with van der Waals surface area (Å²) < 4.78 is 46.1. The molecule has 0 spiro atoms. The number of nitrogens with one attached hydrogen (secondary N) is 6. The molecule has 1 unspecified atom stereocenters. The largest absolute Gasteiger partial charge is 0.381 e. The molecule has 42 heteroatoms. The minimum Gasteiger partial charge on any atom is -0.381 e. The summed E-state index contributed by atoms with van der Waals surface area (Å²) in [7, 11) is -6.39. The predicted molar refractivity (Wildman–Crippen MR) is 557 cm³/mol. The molecule has 9 fully saturated rings. The van der Waals surface area contributed by atoms with Crippen LogP contribution in [0.15, 0.2) is 144 Å². The number of azide groups is 2. The lowest BCUT2D eigenvalue weighted by Crippen LogP contribution is -2.64. The molecule has 10 atom stereocenters. The number of likely N-dealkylation sites (tertiary alicyclic amines) is 3. The van der Waals surface area contributed by atoms with Crippen molar-refractivity contribution in [3.63, 3.8) is 0 Å². The first kappa shape index (κ1) is 112. The minimum atomic E-state index is -3.48. The summed E-state index contributed by atoms with van der Waals surface area (Å²) in [5, 5.41) is 49.6. The molecule has 1 aromatic heterocycles. The summed E-state index contributed by atoms with van der Waals surface area (Å²) >= 11 is 0. The van der Waals surface area contributed by atoms with Crippen molar-refractivity contribution >= 4 is 134 Å². The highest BCUT2D eigenvalue weighted by atomic mass is 32.2. The van der Waals surface area contributed by atoms with Crippen molar-refractivity contribution in [3.8, 4) is 12.3 Å². The molecule has 149 heavy (non-hydrogen) atoms. The number of amides is 12. The molecule has 0 bridgehead atoms. The van der Waals surface area contributed by atoms with Crippen LogP contribution in [0.5, 0.6) is 0 Å². The summed E-state index contributed by atoms with van der Waals surface area (Å²) in [4.78, 5) is 199. The van der Waals surface area contributed by atoms with Gasteiger partial charge in [0.15, 0.2) is 25.8 Å². The number of carbonyl (C=O) groups excluding carboxylic acids is 14. The van der Waals surface area contributed by atoms with Crippen molar-refractivity contribution in [2.75, 3.05) is 37.9 Å². The highest BCUT2D eigenvalue weighted by Crippen LogP contribution is 2.40. The fraction of sp³-hybridized carbons (Fsp3) is 0.551. The van der Waals surface area contributed by atoms with Crippen molar-refractivity contribution in [1.82, 2.24) is 61.6 Å². The molecule has 6 aromatic carbocycles. The number of rotatable bonds is 33. The summed E-state index contributed by atoms with van der Waals surface area (Å²) in [6.07, 6.45) is 31.5. The van der Waals surface area contributed by atoms with Gasteiger partial charge >= 0.3 is 0 Å². The zero-order valence-corrected chi connectivity index (χ0v) is 86.1. The maximum atomic E-state index is 14.8. The number of Topliss-reactive ketones (excluding diaryl/α,β-unsaturated/α-hetero) is 2. The Labute approximate surface area is 866 Å². The summed E-state index contributed by atoms with van der Waals surface area (Å²) in [5.41, 5.74) is 32.0. The van der Waals surface area contributed by atoms with Gasteiger partial charge < -0.3 is 68.9 Å². The molecular formula is C107H137N21O19S2. The topological polar surface area (TPSA) is 616 Å². The first-order valence-corrected chi connectivity index (χ1v) is 56.1. The number of nitrogens with zero attached hydrogens (tertiary/aromatic N) is 12. The first-order chi connectivity index (χ1) is 71.3. The van der Waals surface area contributed by atoms with Crippen LogP contribution in [0.4, 0.5) is 0 Å². The molecule has 16 rings (SSSR count). The Hall–Kier alpha value is -13.7. The average molecular weight is 2090 g/mol. The van der Waals surface area contributed by atoms with Gasteiger partial charge in [-0.2, -0.15) is 0 Å². The third-order valence-electron chi connectivity index (χ3n) is 30.9. The zero-order valence-electron chi connectivity index (χ0n) is 84.5. The molecule has 13 N–H and O–H groups in total. The number of primary amides is 3. The predicted octanol–water partition coefficient (Wildman–Crippen LogP) is 10.3. The van der Waals surface area contributed by atoms with E-state index in [0.29, 0.717) is 93.0 Å². The van der Waals surface area contributed by atoms with Gasteiger partial charge in [-0.3, -0.25) is 67.1 Å². The lowest BCUT2D eigenvalue weighted by Gasteiger charge is -2.41. The molecule has 3 aliphatic heterocycles. The second kappa shape index (κ2) is 51.5. The lowest BCUT2D eigenvalue weighted by molar-refractivity contribution is -0.145. The SMILES string of the molecule is C#CCS(C)(=O)=O.CS(=O)(=O)Cc1cnnn1[C@H]1C[C@@H](C(=O)NC2(C(=O)C(N)=O)CCCCC2)N(C(=O)[C@@H](CC2CCCCC2)NC(=O)c2ccc3ccccc3c2)C1.[N-]=[N+]=N[C@H]1C[C@@H](C(=O)NC2(C(=O)C(N)=O)CCCCC2)N(C(=O)[C@@H](CC2CCCCC2)NC(=O)c2ccc3ccccc3c2)C1.[N-]=[N+]=N[C@H]1C[C@@H](C(=O)NC2(C(O)C(N)=O)CCCCC2)N(C(=O)[C@@H](CC2CCCCC2)NC(=O)c2ccc3ccccc3c2)C1. The second-order valence-corrected chi connectivity index (χ2v) is 46.0. The number of terminal acetylenes is 1. The average Bonchev–Trinajstić information content (AvgIpc) is 1.64. The van der Waals surface area contributed by atoms with E-state index in [1.54, 1.807) is 36.4 Å². The molecule has 12 amide bonds. The van der Waals surface area contributed by atoms with Crippen LogP contribution in [-0.2, 0) is 78.2 Å². The minimum absolute atomic E-state index is 0.00917. The smallest absolute Gasteiger partial charge is 0.287 e. The number of aromatic nitrogens is 3. The van der Waals surface area contributed by atoms with E-state index in [2.05, 4.69) is 68.7 Å². The Morgan fingerprint density at radius 1 is 0.450 bits per heavy atom. The number of hydrogen-bond donors (Lipinski definition) is 10. The van der Waals surface area contributed by atoms with Crippen LogP contribution in [0.25, 0.3) is 53.2 Å². The van der Waals surface area contributed by atoms with Gasteiger partial charge in [-0.05, 0) is 168 Å². The number of fused-ring (bicyclic) bond motifs is 3. The highest BCUT2D eigenvalue weighted by molar-refractivity contribution is 7.90. The van der Waals surface area contributed by atoms with Gasteiger partial charge in [0.25, 0.3) is 29.5 Å². The molecule has 6 saturated carbocycles. The van der Waals surface area contributed by atoms with Crippen LogP contribution in [0.1, 0.15) is 274 Å². The van der Waals surface area contributed by atoms with Gasteiger partial charge in [0, 0.05) is 65.1 Å². The van der Waals surface area contributed by atoms with Crippen molar-refractivity contribution in [2.45, 2.75) is 314 Å². The molecule has 40 nitrogen and oxygen atoms in total. The Morgan fingerprint density at radius 3 is 1.10 bits per heavy atom. The molecule has 9 aliphatic rings. The molecule has 0 radical (unpaired) electrons.